The van der Waals surface area contributed by atoms with Gasteiger partial charge in [-0.2, -0.15) is 0 Å². The van der Waals surface area contributed by atoms with E-state index in [2.05, 4.69) is 93.7 Å². The maximum absolute atomic E-state index is 4.88. The van der Waals surface area contributed by atoms with Crippen molar-refractivity contribution in [3.8, 4) is 0 Å². The van der Waals surface area contributed by atoms with Crippen LogP contribution < -0.4 is 5.32 Å². The van der Waals surface area contributed by atoms with Gasteiger partial charge < -0.3 is 5.32 Å². The van der Waals surface area contributed by atoms with Gasteiger partial charge in [-0.1, -0.05) is 32.0 Å². The number of para-hydroxylation sites is 1. The average molecular weight is 451 g/mol. The molecule has 1 N–H and O–H groups in total. The highest BCUT2D eigenvalue weighted by molar-refractivity contribution is 9.11. The molecule has 3 aromatic rings. The highest BCUT2D eigenvalue weighted by Crippen LogP contribution is 2.32. The van der Waals surface area contributed by atoms with E-state index in [0.29, 0.717) is 5.92 Å². The molecule has 0 spiro atoms. The van der Waals surface area contributed by atoms with Gasteiger partial charge in [-0.05, 0) is 75.2 Å². The Bertz CT molecular complexity index is 877. The molecule has 126 valence electrons. The molecule has 3 nitrogen and oxygen atoms in total. The van der Waals surface area contributed by atoms with Gasteiger partial charge in [0.2, 0.25) is 0 Å². The second-order valence-electron chi connectivity index (χ2n) is 6.60. The van der Waals surface area contributed by atoms with Crippen molar-refractivity contribution >= 4 is 49.0 Å². The molecular formula is C19H21Br2N3. The van der Waals surface area contributed by atoms with E-state index in [1.807, 2.05) is 6.07 Å². The summed E-state index contributed by atoms with van der Waals surface area (Å²) in [5.74, 6) is 1.58. The van der Waals surface area contributed by atoms with E-state index in [0.717, 1.165) is 38.2 Å². The van der Waals surface area contributed by atoms with Crippen LogP contribution in [0.25, 0.3) is 5.65 Å². The van der Waals surface area contributed by atoms with Crippen LogP contribution in [0.3, 0.4) is 0 Å². The molecule has 1 aromatic carbocycles. The summed E-state index contributed by atoms with van der Waals surface area (Å²) in [6.07, 6.45) is 2.99. The van der Waals surface area contributed by atoms with Crippen molar-refractivity contribution in [2.24, 2.45) is 5.92 Å². The van der Waals surface area contributed by atoms with Gasteiger partial charge in [-0.25, -0.2) is 4.98 Å². The van der Waals surface area contributed by atoms with Crippen molar-refractivity contribution in [2.75, 3.05) is 5.32 Å². The van der Waals surface area contributed by atoms with E-state index < -0.39 is 0 Å². The fraction of sp³-hybridized carbons (Fsp3) is 0.316. The molecule has 0 amide bonds. The number of aryl methyl sites for hydroxylation is 2. The van der Waals surface area contributed by atoms with Crippen molar-refractivity contribution in [1.29, 1.82) is 0 Å². The van der Waals surface area contributed by atoms with Crippen LogP contribution >= 0.6 is 31.9 Å². The fourth-order valence-corrected chi connectivity index (χ4v) is 4.18. The molecule has 0 saturated carbocycles. The van der Waals surface area contributed by atoms with Crippen LogP contribution in [-0.4, -0.2) is 9.38 Å². The molecule has 0 bridgehead atoms. The van der Waals surface area contributed by atoms with Gasteiger partial charge >= 0.3 is 0 Å². The number of fused-ring (bicyclic) bond motifs is 1. The Morgan fingerprint density at radius 1 is 1.17 bits per heavy atom. The normalized spacial score (nSPS) is 11.5. The Hall–Kier alpha value is -1.33. The highest BCUT2D eigenvalue weighted by Gasteiger charge is 2.17. The number of pyridine rings is 1. The summed E-state index contributed by atoms with van der Waals surface area (Å²) < 4.78 is 4.12. The Kier molecular flexibility index (Phi) is 5.02. The number of aromatic nitrogens is 2. The molecular weight excluding hydrogens is 430 g/mol. The largest absolute Gasteiger partial charge is 0.339 e. The van der Waals surface area contributed by atoms with E-state index in [1.54, 1.807) is 0 Å². The monoisotopic (exact) mass is 449 g/mol. The maximum Gasteiger partial charge on any atom is 0.153 e. The van der Waals surface area contributed by atoms with Crippen LogP contribution in [0.1, 0.15) is 30.7 Å². The van der Waals surface area contributed by atoms with E-state index >= 15 is 0 Å². The summed E-state index contributed by atoms with van der Waals surface area (Å²) >= 11 is 7.22. The standard InChI is InChI=1S/C19H21Br2N3/c1-11(2)8-16-19(23-17-12(3)6-5-7-13(17)4)24-10-14(20)9-15(21)18(24)22-16/h5-7,9-11,23H,8H2,1-4H3. The van der Waals surface area contributed by atoms with Crippen LogP contribution in [0.4, 0.5) is 11.5 Å². The van der Waals surface area contributed by atoms with Crippen molar-refractivity contribution in [3.63, 3.8) is 0 Å². The van der Waals surface area contributed by atoms with Crippen molar-refractivity contribution in [2.45, 2.75) is 34.1 Å². The maximum atomic E-state index is 4.88. The minimum atomic E-state index is 0.538. The van der Waals surface area contributed by atoms with Crippen LogP contribution in [0, 0.1) is 19.8 Å². The number of imidazole rings is 1. The molecule has 2 aromatic heterocycles. The highest BCUT2D eigenvalue weighted by atomic mass is 79.9. The summed E-state index contributed by atoms with van der Waals surface area (Å²) in [5.41, 5.74) is 5.64. The lowest BCUT2D eigenvalue weighted by Crippen LogP contribution is -2.04. The van der Waals surface area contributed by atoms with E-state index in [9.17, 15) is 0 Å². The summed E-state index contributed by atoms with van der Waals surface area (Å²) in [6, 6.07) is 8.38. The number of halogens is 2. The van der Waals surface area contributed by atoms with Crippen molar-refractivity contribution in [1.82, 2.24) is 9.38 Å². The lowest BCUT2D eigenvalue weighted by Gasteiger charge is -2.14. The summed E-state index contributed by atoms with van der Waals surface area (Å²) in [5, 5.41) is 3.65. The Morgan fingerprint density at radius 2 is 1.83 bits per heavy atom. The van der Waals surface area contributed by atoms with Gasteiger partial charge in [0.15, 0.2) is 5.65 Å². The number of hydrogen-bond donors (Lipinski definition) is 1. The van der Waals surface area contributed by atoms with Gasteiger partial charge in [0.25, 0.3) is 0 Å². The minimum absolute atomic E-state index is 0.538. The molecule has 3 rings (SSSR count). The SMILES string of the molecule is Cc1cccc(C)c1Nc1c(CC(C)C)nc2c(Br)cc(Br)cn12. The Labute approximate surface area is 159 Å². The number of nitrogens with zero attached hydrogens (tertiary/aromatic N) is 2. The second kappa shape index (κ2) is 6.89. The van der Waals surface area contributed by atoms with Crippen LogP contribution in [0.15, 0.2) is 39.4 Å². The number of anilines is 2. The number of hydrogen-bond acceptors (Lipinski definition) is 2. The molecule has 0 unspecified atom stereocenters. The third-order valence-electron chi connectivity index (χ3n) is 4.04. The molecule has 2 heterocycles. The van der Waals surface area contributed by atoms with Crippen LogP contribution in [-0.2, 0) is 6.42 Å². The summed E-state index contributed by atoms with van der Waals surface area (Å²) in [4.78, 5) is 4.88. The Balaban J connectivity index is 2.20. The van der Waals surface area contributed by atoms with Gasteiger partial charge in [0.1, 0.15) is 5.82 Å². The first-order valence-electron chi connectivity index (χ1n) is 8.06. The number of rotatable bonds is 4. The molecule has 0 aliphatic heterocycles. The third-order valence-corrected chi connectivity index (χ3v) is 5.06. The fourth-order valence-electron chi connectivity index (χ4n) is 2.91. The van der Waals surface area contributed by atoms with Gasteiger partial charge in [-0.15, -0.1) is 0 Å². The molecule has 0 saturated heterocycles. The molecule has 24 heavy (non-hydrogen) atoms. The van der Waals surface area contributed by atoms with Gasteiger partial charge in [-0.3, -0.25) is 4.40 Å². The first-order valence-corrected chi connectivity index (χ1v) is 9.64. The first kappa shape index (κ1) is 17.5. The van der Waals surface area contributed by atoms with Gasteiger partial charge in [0.05, 0.1) is 10.2 Å². The topological polar surface area (TPSA) is 29.3 Å². The lowest BCUT2D eigenvalue weighted by molar-refractivity contribution is 0.639. The zero-order valence-corrected chi connectivity index (χ0v) is 17.5. The number of nitrogens with one attached hydrogen (secondary N) is 1. The van der Waals surface area contributed by atoms with Crippen molar-refractivity contribution in [3.05, 3.63) is 56.2 Å². The van der Waals surface area contributed by atoms with E-state index in [4.69, 9.17) is 4.98 Å². The Morgan fingerprint density at radius 3 is 2.46 bits per heavy atom. The smallest absolute Gasteiger partial charge is 0.153 e. The van der Waals surface area contributed by atoms with E-state index in [1.165, 1.54) is 11.1 Å². The molecule has 0 aliphatic carbocycles. The minimum Gasteiger partial charge on any atom is -0.339 e. The molecule has 5 heteroatoms. The predicted molar refractivity (Wildman–Crippen MR) is 108 cm³/mol. The number of benzene rings is 1. The molecule has 0 fully saturated rings. The van der Waals surface area contributed by atoms with Crippen molar-refractivity contribution < 1.29 is 0 Å². The van der Waals surface area contributed by atoms with Crippen LogP contribution in [0.5, 0.6) is 0 Å². The average Bonchev–Trinajstić information content (AvgIpc) is 2.80. The third kappa shape index (κ3) is 3.38. The quantitative estimate of drug-likeness (QED) is 0.496. The predicted octanol–water partition coefficient (Wildman–Crippen LogP) is 6.42. The molecule has 0 radical (unpaired) electrons. The first-order chi connectivity index (χ1) is 11.4. The summed E-state index contributed by atoms with van der Waals surface area (Å²) in [7, 11) is 0. The zero-order valence-electron chi connectivity index (χ0n) is 14.3. The molecule has 0 atom stereocenters. The lowest BCUT2D eigenvalue weighted by atomic mass is 10.1. The molecule has 0 aliphatic rings. The second-order valence-corrected chi connectivity index (χ2v) is 8.37. The van der Waals surface area contributed by atoms with Gasteiger partial charge in [0, 0.05) is 16.4 Å². The van der Waals surface area contributed by atoms with E-state index in [-0.39, 0.29) is 0 Å². The zero-order chi connectivity index (χ0) is 17.4. The summed E-state index contributed by atoms with van der Waals surface area (Å²) in [6.45, 7) is 8.70. The van der Waals surface area contributed by atoms with Crippen LogP contribution in [0.2, 0.25) is 0 Å².